The van der Waals surface area contributed by atoms with Crippen molar-refractivity contribution in [2.75, 3.05) is 5.88 Å². The Balaban J connectivity index is 3.13. The Bertz CT molecular complexity index is 446. The van der Waals surface area contributed by atoms with E-state index in [4.69, 9.17) is 16.8 Å². The van der Waals surface area contributed by atoms with Gasteiger partial charge in [0.25, 0.3) is 5.91 Å². The van der Waals surface area contributed by atoms with Crippen LogP contribution in [0.25, 0.3) is 0 Å². The van der Waals surface area contributed by atoms with Crippen LogP contribution in [0.1, 0.15) is 19.4 Å². The number of hydroxylamine groups is 2. The predicted molar refractivity (Wildman–Crippen MR) is 68.2 cm³/mol. The van der Waals surface area contributed by atoms with Gasteiger partial charge in [-0.2, -0.15) is 0 Å². The number of carbonyl (C=O) groups excluding carboxylic acids is 1. The maximum atomic E-state index is 11.4. The first-order valence-electron chi connectivity index (χ1n) is 5.31. The summed E-state index contributed by atoms with van der Waals surface area (Å²) >= 11 is 5.39. The summed E-state index contributed by atoms with van der Waals surface area (Å²) in [4.78, 5) is 11.4. The van der Waals surface area contributed by atoms with Crippen LogP contribution in [-0.4, -0.2) is 38.5 Å². The van der Waals surface area contributed by atoms with Crippen LogP contribution in [0, 0.1) is 0 Å². The molecule has 0 fully saturated rings. The fraction of sp³-hybridized carbons (Fsp3) is 0.333. The second kappa shape index (κ2) is 5.84. The molecule has 0 saturated heterocycles. The number of hydrogen-bond acceptors (Lipinski definition) is 4. The van der Waals surface area contributed by atoms with Gasteiger partial charge in [-0.3, -0.25) is 10.0 Å². The summed E-state index contributed by atoms with van der Waals surface area (Å²) in [6.45, 7) is 3.11. The number of hydrogen-bond donors (Lipinski definition) is 2. The fourth-order valence-corrected chi connectivity index (χ4v) is 1.71. The van der Waals surface area contributed by atoms with E-state index in [2.05, 4.69) is 5.16 Å². The van der Waals surface area contributed by atoms with E-state index in [0.717, 1.165) is 0 Å². The Morgan fingerprint density at radius 2 is 1.94 bits per heavy atom. The van der Waals surface area contributed by atoms with Crippen LogP contribution in [0.4, 0.5) is 0 Å². The van der Waals surface area contributed by atoms with Crippen LogP contribution in [0.15, 0.2) is 35.5 Å². The molecule has 0 unspecified atom stereocenters. The smallest absolute Gasteiger partial charge is 0.261 e. The van der Waals surface area contributed by atoms with E-state index in [0.29, 0.717) is 10.6 Å². The topological polar surface area (TPSA) is 73.1 Å². The van der Waals surface area contributed by atoms with Gasteiger partial charge in [0, 0.05) is 5.56 Å². The molecule has 1 rings (SSSR count). The summed E-state index contributed by atoms with van der Waals surface area (Å²) in [7, 11) is 0. The number of halogens is 1. The molecule has 1 aromatic rings. The minimum atomic E-state index is -1.19. The Morgan fingerprint density at radius 1 is 1.39 bits per heavy atom. The molecule has 0 atom stereocenters. The van der Waals surface area contributed by atoms with E-state index >= 15 is 0 Å². The van der Waals surface area contributed by atoms with Crippen LogP contribution >= 0.6 is 11.6 Å². The largest absolute Gasteiger partial charge is 0.411 e. The van der Waals surface area contributed by atoms with E-state index in [1.165, 1.54) is 0 Å². The average Bonchev–Trinajstić information content (AvgIpc) is 2.38. The van der Waals surface area contributed by atoms with Crippen molar-refractivity contribution >= 4 is 23.2 Å². The Labute approximate surface area is 110 Å². The Kier molecular flexibility index (Phi) is 4.69. The van der Waals surface area contributed by atoms with E-state index in [-0.39, 0.29) is 11.6 Å². The van der Waals surface area contributed by atoms with Crippen LogP contribution < -0.4 is 0 Å². The van der Waals surface area contributed by atoms with Gasteiger partial charge in [0.15, 0.2) is 0 Å². The molecule has 0 saturated carbocycles. The van der Waals surface area contributed by atoms with Crippen molar-refractivity contribution in [3.8, 4) is 0 Å². The number of rotatable bonds is 4. The van der Waals surface area contributed by atoms with Crippen molar-refractivity contribution in [2.45, 2.75) is 19.4 Å². The van der Waals surface area contributed by atoms with Crippen molar-refractivity contribution in [2.24, 2.45) is 5.16 Å². The first-order chi connectivity index (χ1) is 8.45. The third kappa shape index (κ3) is 2.80. The molecule has 1 aromatic carbocycles. The van der Waals surface area contributed by atoms with Crippen molar-refractivity contribution in [1.82, 2.24) is 5.06 Å². The number of amides is 1. The zero-order valence-corrected chi connectivity index (χ0v) is 10.9. The highest BCUT2D eigenvalue weighted by atomic mass is 35.5. The molecule has 0 spiro atoms. The third-order valence-electron chi connectivity index (χ3n) is 2.61. The minimum Gasteiger partial charge on any atom is -0.411 e. The lowest BCUT2D eigenvalue weighted by Crippen LogP contribution is -2.52. The number of oxime groups is 1. The summed E-state index contributed by atoms with van der Waals surface area (Å²) in [5, 5.41) is 22.6. The van der Waals surface area contributed by atoms with Crippen molar-refractivity contribution < 1.29 is 15.2 Å². The molecule has 98 valence electrons. The molecule has 0 radical (unpaired) electrons. The van der Waals surface area contributed by atoms with Crippen LogP contribution in [0.5, 0.6) is 0 Å². The van der Waals surface area contributed by atoms with Crippen LogP contribution in [0.3, 0.4) is 0 Å². The molecule has 0 bridgehead atoms. The molecule has 0 aliphatic rings. The van der Waals surface area contributed by atoms with Gasteiger partial charge in [-0.1, -0.05) is 35.5 Å². The second-order valence-corrected chi connectivity index (χ2v) is 4.48. The fourth-order valence-electron chi connectivity index (χ4n) is 1.60. The van der Waals surface area contributed by atoms with Gasteiger partial charge in [0.05, 0.1) is 0 Å². The summed E-state index contributed by atoms with van der Waals surface area (Å²) in [5.41, 5.74) is -0.419. The van der Waals surface area contributed by atoms with Crippen molar-refractivity contribution in [1.29, 1.82) is 0 Å². The molecule has 2 N–H and O–H groups in total. The molecular formula is C12H15ClN2O3. The van der Waals surface area contributed by atoms with Gasteiger partial charge in [0.2, 0.25) is 0 Å². The summed E-state index contributed by atoms with van der Waals surface area (Å²) in [6, 6.07) is 8.78. The lowest BCUT2D eigenvalue weighted by atomic mass is 9.91. The Hall–Kier alpha value is -1.59. The Morgan fingerprint density at radius 3 is 2.39 bits per heavy atom. The molecular weight excluding hydrogens is 256 g/mol. The molecule has 0 aromatic heterocycles. The SMILES string of the molecule is CC(C)(/C(=N/O)c1ccccc1)N(O)C(=O)CCl. The highest BCUT2D eigenvalue weighted by Gasteiger charge is 2.36. The van der Waals surface area contributed by atoms with Gasteiger partial charge < -0.3 is 5.21 Å². The van der Waals surface area contributed by atoms with E-state index in [9.17, 15) is 10.0 Å². The van der Waals surface area contributed by atoms with Gasteiger partial charge >= 0.3 is 0 Å². The third-order valence-corrected chi connectivity index (χ3v) is 2.84. The summed E-state index contributed by atoms with van der Waals surface area (Å²) in [6.07, 6.45) is 0. The average molecular weight is 271 g/mol. The second-order valence-electron chi connectivity index (χ2n) is 4.21. The molecule has 5 nitrogen and oxygen atoms in total. The van der Waals surface area contributed by atoms with Crippen molar-refractivity contribution in [3.05, 3.63) is 35.9 Å². The van der Waals surface area contributed by atoms with Crippen LogP contribution in [-0.2, 0) is 4.79 Å². The number of alkyl halides is 1. The molecule has 6 heteroatoms. The first kappa shape index (κ1) is 14.5. The van der Waals surface area contributed by atoms with E-state index in [1.807, 2.05) is 6.07 Å². The highest BCUT2D eigenvalue weighted by Crippen LogP contribution is 2.20. The van der Waals surface area contributed by atoms with Crippen molar-refractivity contribution in [3.63, 3.8) is 0 Å². The molecule has 0 aliphatic heterocycles. The minimum absolute atomic E-state index is 0.170. The lowest BCUT2D eigenvalue weighted by Gasteiger charge is -2.33. The first-order valence-corrected chi connectivity index (χ1v) is 5.84. The van der Waals surface area contributed by atoms with Gasteiger partial charge in [-0.05, 0) is 13.8 Å². The monoisotopic (exact) mass is 270 g/mol. The summed E-state index contributed by atoms with van der Waals surface area (Å²) in [5.74, 6) is -1.02. The van der Waals surface area contributed by atoms with Crippen LogP contribution in [0.2, 0.25) is 0 Å². The summed E-state index contributed by atoms with van der Waals surface area (Å²) < 4.78 is 0. The normalized spacial score (nSPS) is 12.3. The number of carbonyl (C=O) groups is 1. The number of nitrogens with zero attached hydrogens (tertiary/aromatic N) is 2. The quantitative estimate of drug-likeness (QED) is 0.289. The van der Waals surface area contributed by atoms with Gasteiger partial charge in [-0.25, -0.2) is 5.06 Å². The van der Waals surface area contributed by atoms with E-state index in [1.54, 1.807) is 38.1 Å². The molecule has 0 heterocycles. The zero-order valence-electron chi connectivity index (χ0n) is 10.2. The lowest BCUT2D eigenvalue weighted by molar-refractivity contribution is -0.176. The maximum Gasteiger partial charge on any atom is 0.261 e. The molecule has 1 amide bonds. The molecule has 0 aliphatic carbocycles. The maximum absolute atomic E-state index is 11.4. The van der Waals surface area contributed by atoms with Gasteiger partial charge in [-0.15, -0.1) is 11.6 Å². The van der Waals surface area contributed by atoms with Gasteiger partial charge in [0.1, 0.15) is 17.1 Å². The number of benzene rings is 1. The molecule has 18 heavy (non-hydrogen) atoms. The van der Waals surface area contributed by atoms with E-state index < -0.39 is 11.4 Å². The standard InChI is InChI=1S/C12H15ClN2O3/c1-12(2,15(18)10(16)8-13)11(14-17)9-6-4-3-5-7-9/h3-7,17-18H,8H2,1-2H3/b14-11+. The predicted octanol–water partition coefficient (Wildman–Crippen LogP) is 2.10. The zero-order chi connectivity index (χ0) is 13.8. The highest BCUT2D eigenvalue weighted by molar-refractivity contribution is 6.27.